The highest BCUT2D eigenvalue weighted by Crippen LogP contribution is 2.18. The summed E-state index contributed by atoms with van der Waals surface area (Å²) in [4.78, 5) is 0. The number of sulfonamides is 1. The van der Waals surface area contributed by atoms with E-state index in [0.29, 0.717) is 19.0 Å². The zero-order chi connectivity index (χ0) is 11.3. The van der Waals surface area contributed by atoms with Gasteiger partial charge in [-0.1, -0.05) is 6.08 Å². The minimum atomic E-state index is -3.10. The van der Waals surface area contributed by atoms with Gasteiger partial charge in [-0.2, -0.15) is 0 Å². The van der Waals surface area contributed by atoms with Crippen LogP contribution in [0.4, 0.5) is 0 Å². The minimum Gasteiger partial charge on any atom is -0.319 e. The topological polar surface area (TPSA) is 49.4 Å². The van der Waals surface area contributed by atoms with Gasteiger partial charge in [0.25, 0.3) is 0 Å². The molecule has 0 amide bonds. The van der Waals surface area contributed by atoms with Crippen LogP contribution in [0, 0.1) is 5.92 Å². The van der Waals surface area contributed by atoms with E-state index in [9.17, 15) is 8.42 Å². The molecular formula is C10H20N2O2S. The maximum absolute atomic E-state index is 11.8. The van der Waals surface area contributed by atoms with E-state index in [1.165, 1.54) is 6.08 Å². The second-order valence-electron chi connectivity index (χ2n) is 3.99. The molecule has 1 aliphatic heterocycles. The van der Waals surface area contributed by atoms with Crippen LogP contribution in [0.1, 0.15) is 12.8 Å². The molecule has 1 fully saturated rings. The van der Waals surface area contributed by atoms with Crippen molar-refractivity contribution < 1.29 is 8.42 Å². The molecule has 15 heavy (non-hydrogen) atoms. The zero-order valence-electron chi connectivity index (χ0n) is 9.28. The first kappa shape index (κ1) is 12.7. The molecule has 1 N–H and O–H groups in total. The standard InChI is InChI=1S/C10H20N2O2S/c1-3-7-15(13,14)12-6-4-5-10(9-12)8-11-2/h3,10-11H,1,4-9H2,2H3. The third-order valence-corrected chi connectivity index (χ3v) is 4.47. The van der Waals surface area contributed by atoms with Gasteiger partial charge in [0.15, 0.2) is 0 Å². The molecule has 0 radical (unpaired) electrons. The maximum atomic E-state index is 11.8. The summed E-state index contributed by atoms with van der Waals surface area (Å²) >= 11 is 0. The highest BCUT2D eigenvalue weighted by molar-refractivity contribution is 7.89. The van der Waals surface area contributed by atoms with Crippen LogP contribution in [0.15, 0.2) is 12.7 Å². The summed E-state index contributed by atoms with van der Waals surface area (Å²) in [5, 5.41) is 3.10. The van der Waals surface area contributed by atoms with Crippen LogP contribution in [0.3, 0.4) is 0 Å². The van der Waals surface area contributed by atoms with Crippen LogP contribution in [0.2, 0.25) is 0 Å². The van der Waals surface area contributed by atoms with Crippen molar-refractivity contribution in [3.63, 3.8) is 0 Å². The molecule has 0 aromatic rings. The van der Waals surface area contributed by atoms with Crippen LogP contribution in [0.25, 0.3) is 0 Å². The fourth-order valence-corrected chi connectivity index (χ4v) is 3.34. The van der Waals surface area contributed by atoms with E-state index in [1.54, 1.807) is 4.31 Å². The first-order valence-electron chi connectivity index (χ1n) is 5.33. The first-order valence-corrected chi connectivity index (χ1v) is 6.94. The monoisotopic (exact) mass is 232 g/mol. The SMILES string of the molecule is C=CCS(=O)(=O)N1CCCC(CNC)C1. The van der Waals surface area contributed by atoms with E-state index in [2.05, 4.69) is 11.9 Å². The van der Waals surface area contributed by atoms with Crippen LogP contribution in [-0.2, 0) is 10.0 Å². The van der Waals surface area contributed by atoms with E-state index in [0.717, 1.165) is 19.4 Å². The summed E-state index contributed by atoms with van der Waals surface area (Å²) in [5.74, 6) is 0.502. The Kier molecular flexibility index (Phi) is 4.76. The predicted octanol–water partition coefficient (Wildman–Crippen LogP) is 0.434. The van der Waals surface area contributed by atoms with E-state index in [-0.39, 0.29) is 5.75 Å². The molecule has 1 saturated heterocycles. The van der Waals surface area contributed by atoms with Crippen molar-refractivity contribution in [1.29, 1.82) is 0 Å². The number of rotatable bonds is 5. The van der Waals surface area contributed by atoms with Crippen LogP contribution < -0.4 is 5.32 Å². The summed E-state index contributed by atoms with van der Waals surface area (Å²) in [6.07, 6.45) is 3.53. The fourth-order valence-electron chi connectivity index (χ4n) is 1.99. The molecule has 0 bridgehead atoms. The van der Waals surface area contributed by atoms with Crippen molar-refractivity contribution in [3.05, 3.63) is 12.7 Å². The largest absolute Gasteiger partial charge is 0.319 e. The van der Waals surface area contributed by atoms with Crippen molar-refractivity contribution in [2.24, 2.45) is 5.92 Å². The van der Waals surface area contributed by atoms with Crippen molar-refractivity contribution in [2.45, 2.75) is 12.8 Å². The summed E-state index contributed by atoms with van der Waals surface area (Å²) < 4.78 is 25.1. The van der Waals surface area contributed by atoms with Gasteiger partial charge in [-0.25, -0.2) is 12.7 Å². The van der Waals surface area contributed by atoms with E-state index < -0.39 is 10.0 Å². The highest BCUT2D eigenvalue weighted by atomic mass is 32.2. The van der Waals surface area contributed by atoms with Crippen molar-refractivity contribution in [1.82, 2.24) is 9.62 Å². The van der Waals surface area contributed by atoms with E-state index >= 15 is 0 Å². The summed E-state index contributed by atoms with van der Waals surface area (Å²) in [6, 6.07) is 0. The average molecular weight is 232 g/mol. The Morgan fingerprint density at radius 1 is 1.60 bits per heavy atom. The van der Waals surface area contributed by atoms with Crippen LogP contribution >= 0.6 is 0 Å². The smallest absolute Gasteiger partial charge is 0.217 e. The second kappa shape index (κ2) is 5.63. The van der Waals surface area contributed by atoms with Gasteiger partial charge >= 0.3 is 0 Å². The lowest BCUT2D eigenvalue weighted by atomic mass is 10.00. The molecule has 0 saturated carbocycles. The molecule has 1 heterocycles. The highest BCUT2D eigenvalue weighted by Gasteiger charge is 2.27. The van der Waals surface area contributed by atoms with Gasteiger partial charge in [0, 0.05) is 13.1 Å². The Labute approximate surface area is 92.4 Å². The number of nitrogens with one attached hydrogen (secondary N) is 1. The summed E-state index contributed by atoms with van der Waals surface area (Å²) in [5.41, 5.74) is 0. The predicted molar refractivity (Wildman–Crippen MR) is 62.2 cm³/mol. The Morgan fingerprint density at radius 3 is 2.93 bits per heavy atom. The van der Waals surface area contributed by atoms with Gasteiger partial charge in [-0.3, -0.25) is 0 Å². The van der Waals surface area contributed by atoms with Gasteiger partial charge in [-0.05, 0) is 32.4 Å². The lowest BCUT2D eigenvalue weighted by Gasteiger charge is -2.31. The van der Waals surface area contributed by atoms with Crippen molar-refractivity contribution in [2.75, 3.05) is 32.4 Å². The van der Waals surface area contributed by atoms with E-state index in [1.807, 2.05) is 7.05 Å². The molecular weight excluding hydrogens is 212 g/mol. The number of nitrogens with zero attached hydrogens (tertiary/aromatic N) is 1. The maximum Gasteiger partial charge on any atom is 0.217 e. The number of hydrogen-bond donors (Lipinski definition) is 1. The molecule has 1 unspecified atom stereocenters. The summed E-state index contributed by atoms with van der Waals surface area (Å²) in [6.45, 7) is 5.68. The van der Waals surface area contributed by atoms with Crippen molar-refractivity contribution >= 4 is 10.0 Å². The molecule has 1 rings (SSSR count). The van der Waals surface area contributed by atoms with E-state index in [4.69, 9.17) is 0 Å². The van der Waals surface area contributed by atoms with Gasteiger partial charge in [0.1, 0.15) is 0 Å². The molecule has 5 heteroatoms. The third kappa shape index (κ3) is 3.59. The Balaban J connectivity index is 2.59. The fraction of sp³-hybridized carbons (Fsp3) is 0.800. The van der Waals surface area contributed by atoms with Gasteiger partial charge in [-0.15, -0.1) is 6.58 Å². The molecule has 4 nitrogen and oxygen atoms in total. The first-order chi connectivity index (χ1) is 7.10. The van der Waals surface area contributed by atoms with Gasteiger partial charge < -0.3 is 5.32 Å². The number of piperidine rings is 1. The molecule has 1 atom stereocenters. The number of hydrogen-bond acceptors (Lipinski definition) is 3. The average Bonchev–Trinajstić information content (AvgIpc) is 2.19. The summed E-state index contributed by atoms with van der Waals surface area (Å²) in [7, 11) is -1.20. The van der Waals surface area contributed by atoms with Gasteiger partial charge in [0.2, 0.25) is 10.0 Å². The Hall–Kier alpha value is -0.390. The Morgan fingerprint density at radius 2 is 2.33 bits per heavy atom. The van der Waals surface area contributed by atoms with Crippen LogP contribution in [0.5, 0.6) is 0 Å². The van der Waals surface area contributed by atoms with Gasteiger partial charge in [0.05, 0.1) is 5.75 Å². The minimum absolute atomic E-state index is 0.0548. The molecule has 0 aromatic heterocycles. The molecule has 0 aliphatic carbocycles. The lowest BCUT2D eigenvalue weighted by molar-refractivity contribution is 0.264. The molecule has 0 spiro atoms. The molecule has 0 aromatic carbocycles. The zero-order valence-corrected chi connectivity index (χ0v) is 10.1. The lowest BCUT2D eigenvalue weighted by Crippen LogP contribution is -2.43. The third-order valence-electron chi connectivity index (χ3n) is 2.70. The van der Waals surface area contributed by atoms with Crippen molar-refractivity contribution in [3.8, 4) is 0 Å². The van der Waals surface area contributed by atoms with Crippen LogP contribution in [-0.4, -0.2) is 45.2 Å². The second-order valence-corrected chi connectivity index (χ2v) is 6.00. The molecule has 88 valence electrons. The molecule has 1 aliphatic rings. The quantitative estimate of drug-likeness (QED) is 0.700. The normalized spacial score (nSPS) is 23.9. The Bertz CT molecular complexity index is 299.